The molecule has 1 aliphatic rings. The molecule has 1 saturated heterocycles. The Labute approximate surface area is 142 Å². The van der Waals surface area contributed by atoms with Crippen LogP contribution in [0.5, 0.6) is 0 Å². The quantitative estimate of drug-likeness (QED) is 0.719. The lowest BCUT2D eigenvalue weighted by Crippen LogP contribution is -2.50. The van der Waals surface area contributed by atoms with Gasteiger partial charge in [-0.25, -0.2) is 4.79 Å². The van der Waals surface area contributed by atoms with Crippen LogP contribution in [0.25, 0.3) is 0 Å². The monoisotopic (exact) mass is 338 g/mol. The minimum absolute atomic E-state index is 0.0150. The Kier molecular flexibility index (Phi) is 5.65. The fraction of sp³-hybridized carbons (Fsp3) is 0.611. The number of ether oxygens (including phenoxy) is 2. The van der Waals surface area contributed by atoms with E-state index in [9.17, 15) is 20.1 Å². The van der Waals surface area contributed by atoms with Crippen molar-refractivity contribution in [1.29, 1.82) is 0 Å². The van der Waals surface area contributed by atoms with Crippen LogP contribution < -0.4 is 0 Å². The number of aliphatic hydroxyl groups is 3. The summed E-state index contributed by atoms with van der Waals surface area (Å²) in [6, 6.07) is 5.38. The number of benzene rings is 1. The van der Waals surface area contributed by atoms with Gasteiger partial charge in [0.05, 0.1) is 11.7 Å². The molecule has 0 aromatic heterocycles. The number of aliphatic hydroxyl groups excluding tert-OH is 3. The molecule has 0 saturated carbocycles. The molecule has 6 heteroatoms. The van der Waals surface area contributed by atoms with E-state index in [1.54, 1.807) is 12.1 Å². The van der Waals surface area contributed by atoms with Crippen LogP contribution in [0.2, 0.25) is 0 Å². The molecular weight excluding hydrogens is 312 g/mol. The molecule has 1 heterocycles. The van der Waals surface area contributed by atoms with E-state index in [4.69, 9.17) is 9.47 Å². The van der Waals surface area contributed by atoms with E-state index in [1.165, 1.54) is 0 Å². The summed E-state index contributed by atoms with van der Waals surface area (Å²) in [5.41, 5.74) is 2.54. The summed E-state index contributed by atoms with van der Waals surface area (Å²) in [6.45, 7) is 8.01. The molecule has 134 valence electrons. The van der Waals surface area contributed by atoms with Crippen molar-refractivity contribution in [1.82, 2.24) is 0 Å². The van der Waals surface area contributed by atoms with Crippen molar-refractivity contribution in [3.05, 3.63) is 34.9 Å². The third kappa shape index (κ3) is 4.33. The van der Waals surface area contributed by atoms with Gasteiger partial charge in [-0.3, -0.25) is 0 Å². The van der Waals surface area contributed by atoms with Gasteiger partial charge in [-0.2, -0.15) is 0 Å². The Morgan fingerprint density at radius 3 is 2.54 bits per heavy atom. The van der Waals surface area contributed by atoms with Gasteiger partial charge in [0.1, 0.15) is 18.8 Å². The average molecular weight is 338 g/mol. The molecule has 4 atom stereocenters. The Hall–Kier alpha value is -1.47. The van der Waals surface area contributed by atoms with Crippen LogP contribution in [0.4, 0.5) is 0 Å². The fourth-order valence-corrected chi connectivity index (χ4v) is 2.94. The minimum Gasteiger partial charge on any atom is -0.459 e. The maximum absolute atomic E-state index is 12.2. The number of hydrogen-bond acceptors (Lipinski definition) is 6. The molecule has 0 radical (unpaired) electrons. The van der Waals surface area contributed by atoms with Crippen molar-refractivity contribution < 1.29 is 29.6 Å². The Balaban J connectivity index is 2.01. The molecule has 0 bridgehead atoms. The zero-order valence-electron chi connectivity index (χ0n) is 14.5. The summed E-state index contributed by atoms with van der Waals surface area (Å²) in [6.07, 6.45) is -4.51. The smallest absolute Gasteiger partial charge is 0.338 e. The first-order valence-corrected chi connectivity index (χ1v) is 8.07. The van der Waals surface area contributed by atoms with E-state index in [0.717, 1.165) is 11.1 Å². The highest BCUT2D eigenvalue weighted by Crippen LogP contribution is 2.26. The molecule has 2 rings (SSSR count). The maximum atomic E-state index is 12.2. The van der Waals surface area contributed by atoms with Gasteiger partial charge in [0.15, 0.2) is 6.29 Å². The number of rotatable bonds is 3. The van der Waals surface area contributed by atoms with Gasteiger partial charge >= 0.3 is 5.97 Å². The molecule has 1 aromatic carbocycles. The second-order valence-electron chi connectivity index (χ2n) is 7.30. The molecule has 24 heavy (non-hydrogen) atoms. The highest BCUT2D eigenvalue weighted by molar-refractivity contribution is 5.89. The van der Waals surface area contributed by atoms with Gasteiger partial charge in [0, 0.05) is 6.42 Å². The van der Waals surface area contributed by atoms with Gasteiger partial charge in [0.25, 0.3) is 0 Å². The number of esters is 1. The summed E-state index contributed by atoms with van der Waals surface area (Å²) in [5.74, 6) is -0.538. The summed E-state index contributed by atoms with van der Waals surface area (Å²) in [4.78, 5) is 12.2. The molecule has 0 spiro atoms. The van der Waals surface area contributed by atoms with E-state index in [1.807, 2.05) is 13.0 Å². The molecule has 1 aliphatic heterocycles. The van der Waals surface area contributed by atoms with Crippen molar-refractivity contribution in [3.8, 4) is 0 Å². The van der Waals surface area contributed by atoms with Crippen molar-refractivity contribution >= 4 is 5.97 Å². The number of carbonyl (C=O) groups excluding carboxylic acids is 1. The van der Waals surface area contributed by atoms with Gasteiger partial charge in [0.2, 0.25) is 0 Å². The van der Waals surface area contributed by atoms with Crippen molar-refractivity contribution in [3.63, 3.8) is 0 Å². The lowest BCUT2D eigenvalue weighted by molar-refractivity contribution is -0.239. The third-order valence-corrected chi connectivity index (χ3v) is 4.20. The van der Waals surface area contributed by atoms with Crippen molar-refractivity contribution in [2.24, 2.45) is 0 Å². The van der Waals surface area contributed by atoms with Gasteiger partial charge in [-0.1, -0.05) is 26.8 Å². The third-order valence-electron chi connectivity index (χ3n) is 4.20. The first-order valence-electron chi connectivity index (χ1n) is 8.07. The van der Waals surface area contributed by atoms with Gasteiger partial charge in [-0.05, 0) is 35.6 Å². The van der Waals surface area contributed by atoms with Crippen LogP contribution in [0.3, 0.4) is 0 Å². The predicted molar refractivity (Wildman–Crippen MR) is 87.7 cm³/mol. The molecular formula is C18H26O6. The highest BCUT2D eigenvalue weighted by atomic mass is 16.6. The van der Waals surface area contributed by atoms with Gasteiger partial charge in [-0.15, -0.1) is 0 Å². The fourth-order valence-electron chi connectivity index (χ4n) is 2.94. The summed E-state index contributed by atoms with van der Waals surface area (Å²) >= 11 is 0. The second kappa shape index (κ2) is 7.19. The van der Waals surface area contributed by atoms with Crippen LogP contribution in [0.1, 0.15) is 48.7 Å². The first-order chi connectivity index (χ1) is 11.1. The Bertz CT molecular complexity index is 592. The average Bonchev–Trinajstić information content (AvgIpc) is 2.47. The topological polar surface area (TPSA) is 96.2 Å². The SMILES string of the molecule is Cc1cc(C(=O)OCC2OC(O)CC(O)C2O)ccc1C(C)(C)C. The first kappa shape index (κ1) is 18.9. The standard InChI is InChI=1S/C18H26O6/c1-10-7-11(5-6-12(10)18(2,3)4)17(22)23-9-14-16(21)13(19)8-15(20)24-14/h5-7,13-16,19-21H,8-9H2,1-4H3. The Morgan fingerprint density at radius 2 is 1.96 bits per heavy atom. The van der Waals surface area contributed by atoms with Crippen molar-refractivity contribution in [2.45, 2.75) is 64.1 Å². The molecule has 0 amide bonds. The number of carbonyl (C=O) groups is 1. The van der Waals surface area contributed by atoms with Crippen LogP contribution in [0.15, 0.2) is 18.2 Å². The zero-order valence-corrected chi connectivity index (χ0v) is 14.5. The molecule has 1 aromatic rings. The lowest BCUT2D eigenvalue weighted by atomic mass is 9.83. The largest absolute Gasteiger partial charge is 0.459 e. The van der Waals surface area contributed by atoms with E-state index >= 15 is 0 Å². The summed E-state index contributed by atoms with van der Waals surface area (Å²) in [7, 11) is 0. The Morgan fingerprint density at radius 1 is 1.29 bits per heavy atom. The lowest BCUT2D eigenvalue weighted by Gasteiger charge is -2.34. The van der Waals surface area contributed by atoms with E-state index in [0.29, 0.717) is 5.56 Å². The predicted octanol–water partition coefficient (Wildman–Crippen LogP) is 1.28. The van der Waals surface area contributed by atoms with Crippen LogP contribution >= 0.6 is 0 Å². The summed E-state index contributed by atoms with van der Waals surface area (Å²) < 4.78 is 10.3. The number of aryl methyl sites for hydroxylation is 1. The van der Waals surface area contributed by atoms with E-state index in [2.05, 4.69) is 20.8 Å². The second-order valence-corrected chi connectivity index (χ2v) is 7.30. The normalized spacial score (nSPS) is 27.8. The van der Waals surface area contributed by atoms with Crippen molar-refractivity contribution in [2.75, 3.05) is 6.61 Å². The van der Waals surface area contributed by atoms with E-state index < -0.39 is 30.6 Å². The van der Waals surface area contributed by atoms with Crippen LogP contribution in [-0.4, -0.2) is 52.5 Å². The molecule has 6 nitrogen and oxygen atoms in total. The molecule has 3 N–H and O–H groups in total. The number of hydrogen-bond donors (Lipinski definition) is 3. The van der Waals surface area contributed by atoms with Gasteiger partial charge < -0.3 is 24.8 Å². The van der Waals surface area contributed by atoms with Crippen LogP contribution in [-0.2, 0) is 14.9 Å². The molecule has 0 aliphatic carbocycles. The highest BCUT2D eigenvalue weighted by Gasteiger charge is 2.36. The van der Waals surface area contributed by atoms with Crippen LogP contribution in [0, 0.1) is 6.92 Å². The summed E-state index contributed by atoms with van der Waals surface area (Å²) in [5, 5.41) is 28.9. The maximum Gasteiger partial charge on any atom is 0.338 e. The minimum atomic E-state index is -1.20. The molecule has 1 fully saturated rings. The van der Waals surface area contributed by atoms with E-state index in [-0.39, 0.29) is 18.4 Å². The molecule has 4 unspecified atom stereocenters. The zero-order chi connectivity index (χ0) is 18.1.